The summed E-state index contributed by atoms with van der Waals surface area (Å²) in [5.41, 5.74) is 2.51. The quantitative estimate of drug-likeness (QED) is 0.721. The zero-order valence-electron chi connectivity index (χ0n) is 12.2. The summed E-state index contributed by atoms with van der Waals surface area (Å²) >= 11 is 7.10. The van der Waals surface area contributed by atoms with Gasteiger partial charge in [0.05, 0.1) is 11.6 Å². The highest BCUT2D eigenvalue weighted by Crippen LogP contribution is 2.34. The van der Waals surface area contributed by atoms with E-state index in [9.17, 15) is 0 Å². The van der Waals surface area contributed by atoms with E-state index in [0.717, 1.165) is 32.8 Å². The van der Waals surface area contributed by atoms with Crippen molar-refractivity contribution in [1.29, 1.82) is 0 Å². The Bertz CT molecular complexity index is 507. The van der Waals surface area contributed by atoms with Gasteiger partial charge in [-0.05, 0) is 46.8 Å². The Balaban J connectivity index is 2.28. The number of hydrogen-bond acceptors (Lipinski definition) is 2. The molecule has 0 unspecified atom stereocenters. The molecule has 20 heavy (non-hydrogen) atoms. The Hall–Kier alpha value is -0.320. The lowest BCUT2D eigenvalue weighted by Crippen LogP contribution is -2.21. The van der Waals surface area contributed by atoms with Crippen LogP contribution in [0.4, 0.5) is 0 Å². The van der Waals surface area contributed by atoms with E-state index in [4.69, 9.17) is 4.74 Å². The molecule has 0 radical (unpaired) electrons. The second-order valence-electron chi connectivity index (χ2n) is 5.54. The van der Waals surface area contributed by atoms with Crippen molar-refractivity contribution in [3.8, 4) is 5.75 Å². The Morgan fingerprint density at radius 3 is 2.65 bits per heavy atom. The average molecular weight is 403 g/mol. The highest BCUT2D eigenvalue weighted by molar-refractivity contribution is 9.11. The molecule has 0 amide bonds. The molecule has 0 atom stereocenters. The molecule has 0 bridgehead atoms. The topological polar surface area (TPSA) is 21.3 Å². The third kappa shape index (κ3) is 4.34. The van der Waals surface area contributed by atoms with Crippen LogP contribution in [0.3, 0.4) is 0 Å². The van der Waals surface area contributed by atoms with Crippen molar-refractivity contribution in [3.63, 3.8) is 0 Å². The molecule has 1 fully saturated rings. The minimum atomic E-state index is 0.517. The molecular weight excluding hydrogens is 382 g/mol. The van der Waals surface area contributed by atoms with Gasteiger partial charge in [0.1, 0.15) is 5.75 Å². The first-order valence-electron chi connectivity index (χ1n) is 6.98. The number of methoxy groups -OCH3 is 1. The van der Waals surface area contributed by atoms with Crippen LogP contribution in [0.5, 0.6) is 5.75 Å². The number of ether oxygens (including phenoxy) is 1. The predicted octanol–water partition coefficient (Wildman–Crippen LogP) is 5.01. The Labute approximate surface area is 138 Å². The van der Waals surface area contributed by atoms with E-state index >= 15 is 0 Å². The van der Waals surface area contributed by atoms with E-state index in [1.165, 1.54) is 18.4 Å². The number of hydrogen-bond donors (Lipinski definition) is 1. The van der Waals surface area contributed by atoms with E-state index in [0.29, 0.717) is 5.92 Å². The van der Waals surface area contributed by atoms with E-state index in [1.54, 1.807) is 7.11 Å². The van der Waals surface area contributed by atoms with Crippen molar-refractivity contribution in [2.45, 2.75) is 32.7 Å². The summed E-state index contributed by atoms with van der Waals surface area (Å²) in [5, 5.41) is 3.59. The molecule has 0 saturated heterocycles. The first kappa shape index (κ1) is 16.1. The smallest absolute Gasteiger partial charge is 0.140 e. The lowest BCUT2D eigenvalue weighted by Gasteiger charge is -2.15. The molecule has 0 aliphatic heterocycles. The number of rotatable bonds is 6. The summed E-state index contributed by atoms with van der Waals surface area (Å²) in [6.45, 7) is 5.43. The molecule has 1 aliphatic rings. The van der Waals surface area contributed by atoms with Crippen LogP contribution in [-0.4, -0.2) is 19.7 Å². The van der Waals surface area contributed by atoms with Crippen molar-refractivity contribution in [2.24, 2.45) is 5.92 Å². The van der Waals surface area contributed by atoms with Crippen LogP contribution in [0.1, 0.15) is 32.3 Å². The Kier molecular flexibility index (Phi) is 5.70. The van der Waals surface area contributed by atoms with Crippen LogP contribution in [0.15, 0.2) is 26.7 Å². The van der Waals surface area contributed by atoms with Gasteiger partial charge in [0.2, 0.25) is 0 Å². The van der Waals surface area contributed by atoms with Gasteiger partial charge in [0.15, 0.2) is 0 Å². The van der Waals surface area contributed by atoms with Gasteiger partial charge in [0.25, 0.3) is 0 Å². The highest BCUT2D eigenvalue weighted by Gasteiger charge is 2.21. The zero-order chi connectivity index (χ0) is 14.7. The normalized spacial score (nSPS) is 15.8. The predicted molar refractivity (Wildman–Crippen MR) is 92.2 cm³/mol. The van der Waals surface area contributed by atoms with Crippen molar-refractivity contribution >= 4 is 37.9 Å². The van der Waals surface area contributed by atoms with Crippen LogP contribution < -0.4 is 10.1 Å². The van der Waals surface area contributed by atoms with Gasteiger partial charge in [-0.15, -0.1) is 0 Å². The van der Waals surface area contributed by atoms with Crippen LogP contribution in [0, 0.1) is 5.92 Å². The fourth-order valence-electron chi connectivity index (χ4n) is 2.07. The van der Waals surface area contributed by atoms with Crippen LogP contribution in [-0.2, 0) is 0 Å². The highest BCUT2D eigenvalue weighted by atomic mass is 79.9. The summed E-state index contributed by atoms with van der Waals surface area (Å²) in [4.78, 5) is 0. The number of halogens is 2. The molecule has 1 aliphatic carbocycles. The number of nitrogens with one attached hydrogen (secondary N) is 1. The van der Waals surface area contributed by atoms with Crippen LogP contribution in [0.2, 0.25) is 0 Å². The molecule has 1 N–H and O–H groups in total. The maximum Gasteiger partial charge on any atom is 0.140 e. The van der Waals surface area contributed by atoms with Crippen molar-refractivity contribution in [1.82, 2.24) is 5.32 Å². The second kappa shape index (κ2) is 7.10. The van der Waals surface area contributed by atoms with Gasteiger partial charge in [-0.1, -0.05) is 41.4 Å². The van der Waals surface area contributed by atoms with Crippen LogP contribution >= 0.6 is 31.9 Å². The van der Waals surface area contributed by atoms with Gasteiger partial charge in [0, 0.05) is 22.6 Å². The first-order valence-corrected chi connectivity index (χ1v) is 8.56. The monoisotopic (exact) mass is 401 g/mol. The van der Waals surface area contributed by atoms with Gasteiger partial charge in [-0.3, -0.25) is 0 Å². The van der Waals surface area contributed by atoms with Crippen LogP contribution in [0.25, 0.3) is 6.08 Å². The summed E-state index contributed by atoms with van der Waals surface area (Å²) in [6, 6.07) is 4.84. The maximum absolute atomic E-state index is 5.52. The fraction of sp³-hybridized carbons (Fsp3) is 0.500. The second-order valence-corrected chi connectivity index (χ2v) is 7.31. The molecule has 0 aromatic heterocycles. The third-order valence-corrected chi connectivity index (χ3v) is 4.54. The Morgan fingerprint density at radius 1 is 1.40 bits per heavy atom. The van der Waals surface area contributed by atoms with Gasteiger partial charge >= 0.3 is 0 Å². The molecule has 0 heterocycles. The van der Waals surface area contributed by atoms with Gasteiger partial charge < -0.3 is 10.1 Å². The van der Waals surface area contributed by atoms with Crippen molar-refractivity contribution in [3.05, 3.63) is 32.2 Å². The van der Waals surface area contributed by atoms with E-state index in [1.807, 2.05) is 6.07 Å². The minimum Gasteiger partial charge on any atom is -0.495 e. The average Bonchev–Trinajstić information content (AvgIpc) is 3.17. The molecule has 1 aromatic rings. The zero-order valence-corrected chi connectivity index (χ0v) is 15.3. The van der Waals surface area contributed by atoms with E-state index < -0.39 is 0 Å². The molecule has 2 nitrogen and oxygen atoms in total. The molecule has 0 spiro atoms. The summed E-state index contributed by atoms with van der Waals surface area (Å²) in [6.07, 6.45) is 4.88. The molecule has 4 heteroatoms. The number of benzene rings is 1. The lowest BCUT2D eigenvalue weighted by atomic mass is 10.00. The third-order valence-electron chi connectivity index (χ3n) is 3.50. The summed E-state index contributed by atoms with van der Waals surface area (Å²) in [5.74, 6) is 1.40. The molecule has 2 rings (SSSR count). The SMILES string of the molecule is COc1c(Br)cc(Br)cc1C=C(CNC1CC1)C(C)C. The first-order chi connectivity index (χ1) is 9.51. The molecule has 1 saturated carbocycles. The summed E-state index contributed by atoms with van der Waals surface area (Å²) < 4.78 is 7.54. The maximum atomic E-state index is 5.52. The molecule has 1 aromatic carbocycles. The largest absolute Gasteiger partial charge is 0.495 e. The molecular formula is C16H21Br2NO. The van der Waals surface area contributed by atoms with E-state index in [2.05, 4.69) is 63.2 Å². The fourth-order valence-corrected chi connectivity index (χ4v) is 3.49. The molecule has 110 valence electrons. The standard InChI is InChI=1S/C16H21Br2NO/c1-10(2)12(9-19-14-4-5-14)6-11-7-13(17)8-15(18)16(11)20-3/h6-8,10,14,19H,4-5,9H2,1-3H3. The van der Waals surface area contributed by atoms with Crippen molar-refractivity contribution < 1.29 is 4.74 Å². The Morgan fingerprint density at radius 2 is 2.10 bits per heavy atom. The lowest BCUT2D eigenvalue weighted by molar-refractivity contribution is 0.411. The van der Waals surface area contributed by atoms with Gasteiger partial charge in [-0.2, -0.15) is 0 Å². The van der Waals surface area contributed by atoms with Gasteiger partial charge in [-0.25, -0.2) is 0 Å². The van der Waals surface area contributed by atoms with Crippen molar-refractivity contribution in [2.75, 3.05) is 13.7 Å². The summed E-state index contributed by atoms with van der Waals surface area (Å²) in [7, 11) is 1.71. The van der Waals surface area contributed by atoms with E-state index in [-0.39, 0.29) is 0 Å². The minimum absolute atomic E-state index is 0.517.